The van der Waals surface area contributed by atoms with Gasteiger partial charge in [0.2, 0.25) is 0 Å². The van der Waals surface area contributed by atoms with Crippen molar-refractivity contribution >= 4 is 0 Å². The number of rotatable bonds is 9. The molecule has 0 radical (unpaired) electrons. The van der Waals surface area contributed by atoms with E-state index in [0.29, 0.717) is 12.6 Å². The fourth-order valence-electron chi connectivity index (χ4n) is 1.40. The lowest BCUT2D eigenvalue weighted by molar-refractivity contribution is 0.124. The summed E-state index contributed by atoms with van der Waals surface area (Å²) in [5.41, 5.74) is 0. The van der Waals surface area contributed by atoms with Crippen LogP contribution in [0.3, 0.4) is 0 Å². The average Bonchev–Trinajstić information content (AvgIpc) is 2.27. The first-order chi connectivity index (χ1) is 7.26. The summed E-state index contributed by atoms with van der Waals surface area (Å²) in [6.07, 6.45) is 6.33. The molecule has 0 rings (SSSR count). The number of hydrogen-bond donors (Lipinski definition) is 1. The van der Waals surface area contributed by atoms with Crippen LogP contribution >= 0.6 is 0 Å². The molecule has 0 aliphatic heterocycles. The van der Waals surface area contributed by atoms with Gasteiger partial charge in [-0.2, -0.15) is 0 Å². The monoisotopic (exact) mass is 212 g/mol. The van der Waals surface area contributed by atoms with Gasteiger partial charge in [0.05, 0.1) is 13.2 Å². The SMILES string of the molecule is C#CCNCCN(CCOC)C(C)CC. The second kappa shape index (κ2) is 9.97. The van der Waals surface area contributed by atoms with Crippen molar-refractivity contribution < 1.29 is 4.74 Å². The number of nitrogens with zero attached hydrogens (tertiary/aromatic N) is 1. The molecular weight excluding hydrogens is 188 g/mol. The highest BCUT2D eigenvalue weighted by Crippen LogP contribution is 2.01. The molecule has 3 nitrogen and oxygen atoms in total. The summed E-state index contributed by atoms with van der Waals surface area (Å²) in [5, 5.41) is 3.20. The topological polar surface area (TPSA) is 24.5 Å². The average molecular weight is 212 g/mol. The summed E-state index contributed by atoms with van der Waals surface area (Å²) >= 11 is 0. The third-order valence-electron chi connectivity index (χ3n) is 2.60. The van der Waals surface area contributed by atoms with Gasteiger partial charge in [0, 0.05) is 32.8 Å². The summed E-state index contributed by atoms with van der Waals surface area (Å²) in [4.78, 5) is 2.42. The van der Waals surface area contributed by atoms with Crippen molar-refractivity contribution in [1.82, 2.24) is 10.2 Å². The number of hydrogen-bond acceptors (Lipinski definition) is 3. The second-order valence-electron chi connectivity index (χ2n) is 3.67. The third-order valence-corrected chi connectivity index (χ3v) is 2.60. The van der Waals surface area contributed by atoms with E-state index in [2.05, 4.69) is 30.0 Å². The van der Waals surface area contributed by atoms with Gasteiger partial charge < -0.3 is 10.1 Å². The Morgan fingerprint density at radius 2 is 2.20 bits per heavy atom. The fourth-order valence-corrected chi connectivity index (χ4v) is 1.40. The standard InChI is InChI=1S/C12H24N2O/c1-5-7-13-8-9-14(10-11-15-4)12(3)6-2/h1,12-13H,6-11H2,2-4H3. The number of nitrogens with one attached hydrogen (secondary N) is 1. The minimum atomic E-state index is 0.604. The third kappa shape index (κ3) is 7.38. The molecule has 88 valence electrons. The highest BCUT2D eigenvalue weighted by atomic mass is 16.5. The summed E-state index contributed by atoms with van der Waals surface area (Å²) in [6, 6.07) is 0.604. The summed E-state index contributed by atoms with van der Waals surface area (Å²) < 4.78 is 5.10. The molecule has 3 heteroatoms. The summed E-state index contributed by atoms with van der Waals surface area (Å²) in [5.74, 6) is 2.57. The van der Waals surface area contributed by atoms with Crippen molar-refractivity contribution in [3.05, 3.63) is 0 Å². The molecule has 0 aliphatic carbocycles. The molecule has 0 aromatic rings. The van der Waals surface area contributed by atoms with E-state index in [1.54, 1.807) is 7.11 Å². The van der Waals surface area contributed by atoms with Gasteiger partial charge in [0.15, 0.2) is 0 Å². The lowest BCUT2D eigenvalue weighted by atomic mass is 10.2. The minimum absolute atomic E-state index is 0.604. The van der Waals surface area contributed by atoms with Gasteiger partial charge in [-0.1, -0.05) is 12.8 Å². The van der Waals surface area contributed by atoms with E-state index in [-0.39, 0.29) is 0 Å². The largest absolute Gasteiger partial charge is 0.383 e. The zero-order valence-electron chi connectivity index (χ0n) is 10.3. The molecule has 0 spiro atoms. The Hall–Kier alpha value is -0.560. The molecule has 0 bridgehead atoms. The van der Waals surface area contributed by atoms with E-state index in [1.807, 2.05) is 0 Å². The van der Waals surface area contributed by atoms with Crippen molar-refractivity contribution in [3.63, 3.8) is 0 Å². The van der Waals surface area contributed by atoms with Gasteiger partial charge in [-0.15, -0.1) is 6.42 Å². The molecule has 1 atom stereocenters. The number of terminal acetylenes is 1. The predicted octanol–water partition coefficient (Wildman–Crippen LogP) is 0.956. The Kier molecular flexibility index (Phi) is 9.60. The molecule has 0 fully saturated rings. The van der Waals surface area contributed by atoms with Crippen LogP contribution in [0.1, 0.15) is 20.3 Å². The van der Waals surface area contributed by atoms with E-state index >= 15 is 0 Å². The van der Waals surface area contributed by atoms with Gasteiger partial charge >= 0.3 is 0 Å². The van der Waals surface area contributed by atoms with Crippen LogP contribution in [0.5, 0.6) is 0 Å². The molecular formula is C12H24N2O. The molecule has 1 N–H and O–H groups in total. The van der Waals surface area contributed by atoms with Gasteiger partial charge in [-0.05, 0) is 13.3 Å². The van der Waals surface area contributed by atoms with Gasteiger partial charge in [-0.3, -0.25) is 4.90 Å². The van der Waals surface area contributed by atoms with Gasteiger partial charge in [0.25, 0.3) is 0 Å². The van der Waals surface area contributed by atoms with Crippen molar-refractivity contribution in [3.8, 4) is 12.3 Å². The molecule has 0 saturated carbocycles. The molecule has 0 heterocycles. The van der Waals surface area contributed by atoms with E-state index in [0.717, 1.165) is 26.2 Å². The highest BCUT2D eigenvalue weighted by Gasteiger charge is 2.10. The predicted molar refractivity (Wildman–Crippen MR) is 64.9 cm³/mol. The van der Waals surface area contributed by atoms with Crippen LogP contribution in [0.25, 0.3) is 0 Å². The lowest BCUT2D eigenvalue weighted by Crippen LogP contribution is -2.40. The molecule has 0 aliphatic rings. The first kappa shape index (κ1) is 14.4. The molecule has 15 heavy (non-hydrogen) atoms. The van der Waals surface area contributed by atoms with Crippen LogP contribution in [-0.4, -0.2) is 50.8 Å². The Bertz CT molecular complexity index is 177. The Balaban J connectivity index is 3.75. The molecule has 0 amide bonds. The van der Waals surface area contributed by atoms with Crippen LogP contribution in [0, 0.1) is 12.3 Å². The normalized spacial score (nSPS) is 12.7. The van der Waals surface area contributed by atoms with E-state index in [9.17, 15) is 0 Å². The number of ether oxygens (including phenoxy) is 1. The van der Waals surface area contributed by atoms with Crippen LogP contribution in [0.4, 0.5) is 0 Å². The second-order valence-corrected chi connectivity index (χ2v) is 3.67. The highest BCUT2D eigenvalue weighted by molar-refractivity contribution is 4.86. The Labute approximate surface area is 94.2 Å². The summed E-state index contributed by atoms with van der Waals surface area (Å²) in [7, 11) is 1.74. The first-order valence-corrected chi connectivity index (χ1v) is 5.63. The van der Waals surface area contributed by atoms with Crippen molar-refractivity contribution in [2.75, 3.05) is 39.9 Å². The van der Waals surface area contributed by atoms with Crippen molar-refractivity contribution in [2.24, 2.45) is 0 Å². The van der Waals surface area contributed by atoms with E-state index in [1.165, 1.54) is 6.42 Å². The van der Waals surface area contributed by atoms with Crippen molar-refractivity contribution in [2.45, 2.75) is 26.3 Å². The van der Waals surface area contributed by atoms with Gasteiger partial charge in [0.1, 0.15) is 0 Å². The first-order valence-electron chi connectivity index (χ1n) is 5.63. The molecule has 0 aromatic heterocycles. The minimum Gasteiger partial charge on any atom is -0.383 e. The molecule has 0 aromatic carbocycles. The van der Waals surface area contributed by atoms with E-state index < -0.39 is 0 Å². The maximum Gasteiger partial charge on any atom is 0.0589 e. The molecule has 1 unspecified atom stereocenters. The van der Waals surface area contributed by atoms with Crippen LogP contribution in [-0.2, 0) is 4.74 Å². The zero-order valence-corrected chi connectivity index (χ0v) is 10.3. The maximum absolute atomic E-state index is 5.17. The van der Waals surface area contributed by atoms with Crippen LogP contribution in [0.15, 0.2) is 0 Å². The fraction of sp³-hybridized carbons (Fsp3) is 0.833. The van der Waals surface area contributed by atoms with Crippen molar-refractivity contribution in [1.29, 1.82) is 0 Å². The van der Waals surface area contributed by atoms with Crippen LogP contribution in [0.2, 0.25) is 0 Å². The molecule has 0 saturated heterocycles. The quantitative estimate of drug-likeness (QED) is 0.455. The Morgan fingerprint density at radius 3 is 2.73 bits per heavy atom. The maximum atomic E-state index is 5.17. The zero-order chi connectivity index (χ0) is 11.5. The van der Waals surface area contributed by atoms with Crippen LogP contribution < -0.4 is 5.32 Å². The number of methoxy groups -OCH3 is 1. The lowest BCUT2D eigenvalue weighted by Gasteiger charge is -2.28. The Morgan fingerprint density at radius 1 is 1.47 bits per heavy atom. The smallest absolute Gasteiger partial charge is 0.0589 e. The summed E-state index contributed by atoms with van der Waals surface area (Å²) in [6.45, 7) is 8.86. The van der Waals surface area contributed by atoms with Gasteiger partial charge in [-0.25, -0.2) is 0 Å². The van der Waals surface area contributed by atoms with E-state index in [4.69, 9.17) is 11.2 Å².